The Kier molecular flexibility index (Phi) is 7.47. The van der Waals surface area contributed by atoms with Crippen molar-refractivity contribution in [3.05, 3.63) is 97.3 Å². The van der Waals surface area contributed by atoms with Crippen molar-refractivity contribution in [2.45, 2.75) is 46.8 Å². The molecule has 164 valence electrons. The molecule has 3 aromatic rings. The second-order valence-corrected chi connectivity index (χ2v) is 8.07. The minimum atomic E-state index is -0.460. The predicted molar refractivity (Wildman–Crippen MR) is 122 cm³/mol. The Bertz CT molecular complexity index is 1110. The summed E-state index contributed by atoms with van der Waals surface area (Å²) in [5, 5.41) is 0. The fourth-order valence-electron chi connectivity index (χ4n) is 3.81. The van der Waals surface area contributed by atoms with E-state index in [2.05, 4.69) is 23.2 Å². The first-order chi connectivity index (χ1) is 14.8. The van der Waals surface area contributed by atoms with E-state index in [9.17, 15) is 9.59 Å². The number of rotatable bonds is 9. The van der Waals surface area contributed by atoms with Crippen LogP contribution in [0.3, 0.4) is 0 Å². The van der Waals surface area contributed by atoms with Gasteiger partial charge in [-0.2, -0.15) is 0 Å². The number of para-hydroxylation sites is 1. The molecule has 3 rings (SSSR count). The molecule has 0 aliphatic heterocycles. The van der Waals surface area contributed by atoms with Crippen LogP contribution in [0.25, 0.3) is 0 Å². The number of ether oxygens (including phenoxy) is 2. The molecule has 0 amide bonds. The lowest BCUT2D eigenvalue weighted by molar-refractivity contribution is 0.0496. The second-order valence-electron chi connectivity index (χ2n) is 8.07. The van der Waals surface area contributed by atoms with E-state index in [0.717, 1.165) is 22.4 Å². The molecule has 0 spiro atoms. The van der Waals surface area contributed by atoms with Gasteiger partial charge in [0.1, 0.15) is 19.1 Å². The first-order valence-corrected chi connectivity index (χ1v) is 10.5. The summed E-state index contributed by atoms with van der Waals surface area (Å²) >= 11 is 0. The van der Waals surface area contributed by atoms with Gasteiger partial charge in [-0.15, -0.1) is 0 Å². The van der Waals surface area contributed by atoms with Gasteiger partial charge in [0.2, 0.25) is 0 Å². The lowest BCUT2D eigenvalue weighted by Gasteiger charge is -2.19. The Balaban J connectivity index is 1.82. The third kappa shape index (κ3) is 5.95. The van der Waals surface area contributed by atoms with Crippen LogP contribution < -0.4 is 16.0 Å². The first kappa shape index (κ1) is 22.6. The lowest BCUT2D eigenvalue weighted by atomic mass is 9.96. The minimum absolute atomic E-state index is 0.0297. The Hall–Kier alpha value is -3.12. The average Bonchev–Trinajstić information content (AvgIpc) is 2.69. The van der Waals surface area contributed by atoms with Crippen LogP contribution in [0.5, 0.6) is 5.75 Å². The molecule has 2 aromatic carbocycles. The molecule has 0 fully saturated rings. The van der Waals surface area contributed by atoms with Crippen molar-refractivity contribution in [3.8, 4) is 5.75 Å². The topological polar surface area (TPSA) is 73.3 Å². The molecule has 0 aliphatic carbocycles. The number of H-pyrrole nitrogens is 1. The van der Waals surface area contributed by atoms with E-state index < -0.39 is 5.69 Å². The molecule has 1 aromatic heterocycles. The van der Waals surface area contributed by atoms with Gasteiger partial charge in [-0.25, -0.2) is 4.79 Å². The second kappa shape index (κ2) is 10.3. The van der Waals surface area contributed by atoms with Crippen LogP contribution >= 0.6 is 0 Å². The molecule has 6 heteroatoms. The zero-order valence-corrected chi connectivity index (χ0v) is 18.6. The molecule has 0 atom stereocenters. The molecule has 1 N–H and O–H groups in total. The normalized spacial score (nSPS) is 11.1. The van der Waals surface area contributed by atoms with Crippen molar-refractivity contribution in [1.82, 2.24) is 9.55 Å². The maximum absolute atomic E-state index is 12.6. The van der Waals surface area contributed by atoms with Crippen molar-refractivity contribution >= 4 is 0 Å². The largest absolute Gasteiger partial charge is 0.491 e. The number of aryl methyl sites for hydroxylation is 2. The molecule has 0 unspecified atom stereocenters. The van der Waals surface area contributed by atoms with Crippen molar-refractivity contribution in [2.75, 3.05) is 13.2 Å². The van der Waals surface area contributed by atoms with Crippen LogP contribution in [0, 0.1) is 13.8 Å². The number of aromatic amines is 1. The molecule has 6 nitrogen and oxygen atoms in total. The standard InChI is InChI=1S/C25H30N2O4/c1-17(2)23-22(15-20-13-18(3)12-19(4)14-20)27(25(29)26-24(23)28)16-30-10-11-31-21-8-6-5-7-9-21/h5-9,12-14,17H,10-11,15-16H2,1-4H3,(H,26,28,29). The van der Waals surface area contributed by atoms with E-state index in [0.29, 0.717) is 30.9 Å². The molecule has 31 heavy (non-hydrogen) atoms. The number of nitrogens with zero attached hydrogens (tertiary/aromatic N) is 1. The zero-order chi connectivity index (χ0) is 22.4. The smallest absolute Gasteiger partial charge is 0.330 e. The quantitative estimate of drug-likeness (QED) is 0.531. The van der Waals surface area contributed by atoms with Gasteiger partial charge in [-0.1, -0.05) is 61.4 Å². The first-order valence-electron chi connectivity index (χ1n) is 10.5. The lowest BCUT2D eigenvalue weighted by Crippen LogP contribution is -2.37. The molecule has 0 bridgehead atoms. The number of nitrogens with one attached hydrogen (secondary N) is 1. The Labute approximate surface area is 182 Å². The van der Waals surface area contributed by atoms with Crippen LogP contribution in [0.1, 0.15) is 47.7 Å². The van der Waals surface area contributed by atoms with Gasteiger partial charge in [0.05, 0.1) is 6.61 Å². The molecular formula is C25H30N2O4. The molecule has 0 saturated heterocycles. The van der Waals surface area contributed by atoms with E-state index in [-0.39, 0.29) is 18.2 Å². The SMILES string of the molecule is Cc1cc(C)cc(Cc2c(C(C)C)c(=O)[nH]c(=O)n2COCCOc2ccccc2)c1. The van der Waals surface area contributed by atoms with E-state index in [1.54, 1.807) is 0 Å². The summed E-state index contributed by atoms with van der Waals surface area (Å²) in [6.45, 7) is 8.73. The van der Waals surface area contributed by atoms with E-state index >= 15 is 0 Å². The van der Waals surface area contributed by atoms with Gasteiger partial charge < -0.3 is 9.47 Å². The third-order valence-electron chi connectivity index (χ3n) is 5.04. The molecular weight excluding hydrogens is 392 g/mol. The molecule has 1 heterocycles. The highest BCUT2D eigenvalue weighted by Crippen LogP contribution is 2.19. The zero-order valence-electron chi connectivity index (χ0n) is 18.6. The summed E-state index contributed by atoms with van der Waals surface area (Å²) in [5.74, 6) is 0.739. The number of benzene rings is 2. The van der Waals surface area contributed by atoms with Gasteiger partial charge in [0, 0.05) is 17.7 Å². The molecule has 0 aliphatic rings. The molecule has 0 saturated carbocycles. The summed E-state index contributed by atoms with van der Waals surface area (Å²) in [4.78, 5) is 27.7. The maximum atomic E-state index is 12.6. The van der Waals surface area contributed by atoms with Crippen molar-refractivity contribution in [3.63, 3.8) is 0 Å². The number of aromatic nitrogens is 2. The molecule has 0 radical (unpaired) electrons. The Morgan fingerprint density at radius 2 is 1.65 bits per heavy atom. The highest BCUT2D eigenvalue weighted by atomic mass is 16.5. The summed E-state index contributed by atoms with van der Waals surface area (Å²) < 4.78 is 12.9. The van der Waals surface area contributed by atoms with E-state index in [1.165, 1.54) is 4.57 Å². The predicted octanol–water partition coefficient (Wildman–Crippen LogP) is 3.92. The minimum Gasteiger partial charge on any atom is -0.491 e. The highest BCUT2D eigenvalue weighted by molar-refractivity contribution is 5.34. The van der Waals surface area contributed by atoms with E-state index in [1.807, 2.05) is 58.0 Å². The van der Waals surface area contributed by atoms with Gasteiger partial charge >= 0.3 is 5.69 Å². The number of hydrogen-bond acceptors (Lipinski definition) is 4. The fraction of sp³-hybridized carbons (Fsp3) is 0.360. The summed E-state index contributed by atoms with van der Waals surface area (Å²) in [5.41, 5.74) is 3.87. The van der Waals surface area contributed by atoms with Gasteiger partial charge in [-0.05, 0) is 37.5 Å². The highest BCUT2D eigenvalue weighted by Gasteiger charge is 2.18. The van der Waals surface area contributed by atoms with Crippen molar-refractivity contribution < 1.29 is 9.47 Å². The van der Waals surface area contributed by atoms with Crippen LogP contribution in [0.4, 0.5) is 0 Å². The van der Waals surface area contributed by atoms with Crippen molar-refractivity contribution in [2.24, 2.45) is 0 Å². The Morgan fingerprint density at radius 1 is 0.968 bits per heavy atom. The third-order valence-corrected chi connectivity index (χ3v) is 5.04. The van der Waals surface area contributed by atoms with Crippen molar-refractivity contribution in [1.29, 1.82) is 0 Å². The van der Waals surface area contributed by atoms with Gasteiger partial charge in [0.15, 0.2) is 0 Å². The number of hydrogen-bond donors (Lipinski definition) is 1. The Morgan fingerprint density at radius 3 is 2.29 bits per heavy atom. The van der Waals surface area contributed by atoms with E-state index in [4.69, 9.17) is 9.47 Å². The van der Waals surface area contributed by atoms with Gasteiger partial charge in [-0.3, -0.25) is 14.3 Å². The maximum Gasteiger partial charge on any atom is 0.330 e. The van der Waals surface area contributed by atoms with Gasteiger partial charge in [0.25, 0.3) is 5.56 Å². The van der Waals surface area contributed by atoms with Crippen LogP contribution in [-0.4, -0.2) is 22.8 Å². The fourth-order valence-corrected chi connectivity index (χ4v) is 3.81. The summed E-state index contributed by atoms with van der Waals surface area (Å²) in [7, 11) is 0. The summed E-state index contributed by atoms with van der Waals surface area (Å²) in [6.07, 6.45) is 0.485. The van der Waals surface area contributed by atoms with Crippen LogP contribution in [-0.2, 0) is 17.9 Å². The van der Waals surface area contributed by atoms with Crippen LogP contribution in [0.2, 0.25) is 0 Å². The average molecular weight is 423 g/mol. The monoisotopic (exact) mass is 422 g/mol. The van der Waals surface area contributed by atoms with Crippen LogP contribution in [0.15, 0.2) is 58.1 Å². The summed E-state index contributed by atoms with van der Waals surface area (Å²) in [6, 6.07) is 15.8.